The van der Waals surface area contributed by atoms with Crippen LogP contribution in [0.1, 0.15) is 22.0 Å². The van der Waals surface area contributed by atoms with Crippen LogP contribution in [0.2, 0.25) is 0 Å². The van der Waals surface area contributed by atoms with Gasteiger partial charge in [-0.05, 0) is 12.1 Å². The van der Waals surface area contributed by atoms with Crippen LogP contribution in [0.4, 0.5) is 0 Å². The predicted octanol–water partition coefficient (Wildman–Crippen LogP) is 2.92. The third-order valence-electron chi connectivity index (χ3n) is 2.46. The number of hydrogen-bond acceptors (Lipinski definition) is 2. The minimum Gasteiger partial charge on any atom is -0.300 e. The van der Waals surface area contributed by atoms with E-state index in [0.717, 1.165) is 5.56 Å². The summed E-state index contributed by atoms with van der Waals surface area (Å²) in [6.07, 6.45) is 3.11. The maximum atomic E-state index is 12.1. The molecule has 1 atom stereocenters. The first-order chi connectivity index (χ1) is 8.33. The van der Waals surface area contributed by atoms with Gasteiger partial charge in [0.25, 0.3) is 0 Å². The summed E-state index contributed by atoms with van der Waals surface area (Å²) >= 11 is 0. The number of Topliss-reactive ketones (excluding diaryl/α,β-unsaturated/α-hetero) is 1. The molecule has 0 aliphatic carbocycles. The van der Waals surface area contributed by atoms with E-state index >= 15 is 0 Å². The number of ketones is 1. The molecule has 1 aromatic heterocycles. The molecule has 3 heteroatoms. The first kappa shape index (κ1) is 11.0. The molecule has 0 fully saturated rings. The van der Waals surface area contributed by atoms with Crippen LogP contribution >= 0.6 is 0 Å². The van der Waals surface area contributed by atoms with Gasteiger partial charge in [-0.1, -0.05) is 30.3 Å². The first-order valence-electron chi connectivity index (χ1n) is 5.18. The highest BCUT2D eigenvalue weighted by molar-refractivity contribution is 6.01. The molecule has 0 spiro atoms. The van der Waals surface area contributed by atoms with Crippen molar-refractivity contribution in [2.24, 2.45) is 0 Å². The van der Waals surface area contributed by atoms with Crippen molar-refractivity contribution in [3.8, 4) is 0 Å². The van der Waals surface area contributed by atoms with Crippen molar-refractivity contribution in [1.82, 2.24) is 4.98 Å². The summed E-state index contributed by atoms with van der Waals surface area (Å²) in [6.45, 7) is 7.17. The summed E-state index contributed by atoms with van der Waals surface area (Å²) in [5.41, 5.74) is 1.24. The Labute approximate surface area is 99.6 Å². The quantitative estimate of drug-likeness (QED) is 0.591. The molecule has 0 bridgehead atoms. The van der Waals surface area contributed by atoms with Gasteiger partial charge in [-0.2, -0.15) is 0 Å². The van der Waals surface area contributed by atoms with Gasteiger partial charge in [0.05, 0.1) is 0 Å². The van der Waals surface area contributed by atoms with Gasteiger partial charge in [0.1, 0.15) is 0 Å². The zero-order chi connectivity index (χ0) is 12.1. The Hall–Kier alpha value is -2.47. The van der Waals surface area contributed by atoms with Crippen molar-refractivity contribution in [2.75, 3.05) is 0 Å². The summed E-state index contributed by atoms with van der Waals surface area (Å²) in [6, 6.07) is 11.6. The van der Waals surface area contributed by atoms with Crippen molar-refractivity contribution in [1.29, 1.82) is 0 Å². The number of nitrogens with zero attached hydrogens (tertiary/aromatic N) is 2. The van der Waals surface area contributed by atoms with Crippen LogP contribution in [-0.4, -0.2) is 10.8 Å². The fourth-order valence-corrected chi connectivity index (χ4v) is 1.59. The SMILES string of the molecule is [C-]#[N+]C(C(=O)c1ccncc1)c1ccccc1. The highest BCUT2D eigenvalue weighted by atomic mass is 16.1. The van der Waals surface area contributed by atoms with Crippen LogP contribution in [0.15, 0.2) is 54.9 Å². The van der Waals surface area contributed by atoms with Crippen LogP contribution in [0, 0.1) is 6.57 Å². The van der Waals surface area contributed by atoms with Gasteiger partial charge >= 0.3 is 6.04 Å². The molecule has 0 amide bonds. The van der Waals surface area contributed by atoms with Crippen LogP contribution in [0.3, 0.4) is 0 Å². The zero-order valence-electron chi connectivity index (χ0n) is 9.08. The monoisotopic (exact) mass is 222 g/mol. The second-order valence-corrected chi connectivity index (χ2v) is 3.54. The van der Waals surface area contributed by atoms with Gasteiger partial charge in [0.15, 0.2) is 0 Å². The Bertz CT molecular complexity index is 543. The molecule has 0 saturated carbocycles. The highest BCUT2D eigenvalue weighted by Gasteiger charge is 2.26. The lowest BCUT2D eigenvalue weighted by molar-refractivity contribution is 0.0975. The second-order valence-electron chi connectivity index (χ2n) is 3.54. The lowest BCUT2D eigenvalue weighted by Gasteiger charge is -2.04. The molecule has 0 aliphatic heterocycles. The number of carbonyl (C=O) groups is 1. The molecule has 2 aromatic rings. The van der Waals surface area contributed by atoms with Crippen LogP contribution in [0.25, 0.3) is 4.85 Å². The topological polar surface area (TPSA) is 34.3 Å². The average molecular weight is 222 g/mol. The van der Waals surface area contributed by atoms with Crippen molar-refractivity contribution in [3.63, 3.8) is 0 Å². The molecule has 1 heterocycles. The maximum absolute atomic E-state index is 12.1. The van der Waals surface area contributed by atoms with E-state index in [-0.39, 0.29) is 5.78 Å². The molecule has 1 aromatic carbocycles. The Morgan fingerprint density at radius 2 is 1.76 bits per heavy atom. The molecule has 17 heavy (non-hydrogen) atoms. The summed E-state index contributed by atoms with van der Waals surface area (Å²) < 4.78 is 0. The molecule has 82 valence electrons. The second kappa shape index (κ2) is 5.04. The summed E-state index contributed by atoms with van der Waals surface area (Å²) in [5.74, 6) is -0.186. The van der Waals surface area contributed by atoms with Gasteiger partial charge < -0.3 is 0 Å². The number of pyridine rings is 1. The summed E-state index contributed by atoms with van der Waals surface area (Å²) in [7, 11) is 0. The molecular formula is C14H10N2O. The highest BCUT2D eigenvalue weighted by Crippen LogP contribution is 2.21. The average Bonchev–Trinajstić information content (AvgIpc) is 2.42. The van der Waals surface area contributed by atoms with E-state index in [1.807, 2.05) is 18.2 Å². The van der Waals surface area contributed by atoms with Crippen molar-refractivity contribution in [2.45, 2.75) is 6.04 Å². The van der Waals surface area contributed by atoms with Crippen molar-refractivity contribution in [3.05, 3.63) is 77.4 Å². The third-order valence-corrected chi connectivity index (χ3v) is 2.46. The fraction of sp³-hybridized carbons (Fsp3) is 0.0714. The molecule has 3 nitrogen and oxygen atoms in total. The zero-order valence-corrected chi connectivity index (χ0v) is 9.08. The minimum atomic E-state index is -0.765. The Balaban J connectivity index is 2.33. The van der Waals surface area contributed by atoms with E-state index in [9.17, 15) is 4.79 Å². The third kappa shape index (κ3) is 2.37. The van der Waals surface area contributed by atoms with Gasteiger partial charge in [-0.15, -0.1) is 0 Å². The van der Waals surface area contributed by atoms with E-state index in [2.05, 4.69) is 9.83 Å². The smallest absolute Gasteiger partial charge is 0.300 e. The Kier molecular flexibility index (Phi) is 3.27. The van der Waals surface area contributed by atoms with Gasteiger partial charge in [0, 0.05) is 23.5 Å². The van der Waals surface area contributed by atoms with Gasteiger partial charge in [-0.3, -0.25) is 14.6 Å². The molecule has 0 radical (unpaired) electrons. The Morgan fingerprint density at radius 3 is 2.35 bits per heavy atom. The Morgan fingerprint density at radius 1 is 1.12 bits per heavy atom. The largest absolute Gasteiger partial charge is 0.310 e. The van der Waals surface area contributed by atoms with E-state index in [4.69, 9.17) is 6.57 Å². The molecule has 0 N–H and O–H groups in total. The minimum absolute atomic E-state index is 0.186. The first-order valence-corrected chi connectivity index (χ1v) is 5.18. The van der Waals surface area contributed by atoms with E-state index in [0.29, 0.717) is 5.56 Å². The lowest BCUT2D eigenvalue weighted by Crippen LogP contribution is -2.09. The molecular weight excluding hydrogens is 212 g/mol. The predicted molar refractivity (Wildman–Crippen MR) is 64.4 cm³/mol. The lowest BCUT2D eigenvalue weighted by atomic mass is 9.99. The standard InChI is InChI=1S/C14H10N2O/c1-15-13(11-5-3-2-4-6-11)14(17)12-7-9-16-10-8-12/h2-10,13H. The van der Waals surface area contributed by atoms with Crippen molar-refractivity contribution < 1.29 is 4.79 Å². The van der Waals surface area contributed by atoms with E-state index in [1.165, 1.54) is 0 Å². The fourth-order valence-electron chi connectivity index (χ4n) is 1.59. The van der Waals surface area contributed by atoms with Crippen LogP contribution in [0.5, 0.6) is 0 Å². The number of benzene rings is 1. The number of aromatic nitrogens is 1. The van der Waals surface area contributed by atoms with Crippen LogP contribution in [-0.2, 0) is 0 Å². The molecule has 0 aliphatic rings. The number of carbonyl (C=O) groups excluding carboxylic acids is 1. The number of rotatable bonds is 3. The van der Waals surface area contributed by atoms with E-state index < -0.39 is 6.04 Å². The summed E-state index contributed by atoms with van der Waals surface area (Å²) in [4.78, 5) is 19.4. The molecule has 2 rings (SSSR count). The van der Waals surface area contributed by atoms with Crippen molar-refractivity contribution >= 4 is 5.78 Å². The van der Waals surface area contributed by atoms with Gasteiger partial charge in [-0.25, -0.2) is 6.57 Å². The van der Waals surface area contributed by atoms with E-state index in [1.54, 1.807) is 36.7 Å². The van der Waals surface area contributed by atoms with Crippen LogP contribution < -0.4 is 0 Å². The summed E-state index contributed by atoms with van der Waals surface area (Å²) in [5, 5.41) is 0. The normalized spacial score (nSPS) is 11.5. The molecule has 1 unspecified atom stereocenters. The maximum Gasteiger partial charge on any atom is 0.310 e. The number of hydrogen-bond donors (Lipinski definition) is 0. The molecule has 0 saturated heterocycles. The van der Waals surface area contributed by atoms with Gasteiger partial charge in [0.2, 0.25) is 5.78 Å².